The van der Waals surface area contributed by atoms with Gasteiger partial charge in [0.1, 0.15) is 0 Å². The number of carbonyl (C=O) groups excluding carboxylic acids is 1. The molecule has 22 heavy (non-hydrogen) atoms. The predicted molar refractivity (Wildman–Crippen MR) is 93.1 cm³/mol. The van der Waals surface area contributed by atoms with Crippen LogP contribution in [0.4, 0.5) is 0 Å². The van der Waals surface area contributed by atoms with Gasteiger partial charge < -0.3 is 15.1 Å². The lowest BCUT2D eigenvalue weighted by molar-refractivity contribution is -0.119. The Bertz CT molecular complexity index is 295. The maximum absolute atomic E-state index is 10.8. The molecule has 0 aromatic rings. The van der Waals surface area contributed by atoms with Crippen LogP contribution in [-0.4, -0.2) is 86.6 Å². The van der Waals surface area contributed by atoms with E-state index >= 15 is 0 Å². The number of amides is 1. The molecule has 2 aliphatic heterocycles. The van der Waals surface area contributed by atoms with Crippen LogP contribution in [0.1, 0.15) is 33.6 Å². The molecule has 0 radical (unpaired) electrons. The van der Waals surface area contributed by atoms with Crippen LogP contribution in [-0.2, 0) is 4.79 Å². The number of nitrogens with one attached hydrogen (secondary N) is 1. The number of hydrogen-bond acceptors (Lipinski definition) is 4. The Morgan fingerprint density at radius 2 is 1.55 bits per heavy atom. The van der Waals surface area contributed by atoms with Crippen molar-refractivity contribution in [1.29, 1.82) is 0 Å². The summed E-state index contributed by atoms with van der Waals surface area (Å²) in [6, 6.07) is 0. The van der Waals surface area contributed by atoms with Crippen molar-refractivity contribution in [3.8, 4) is 0 Å². The van der Waals surface area contributed by atoms with E-state index in [1.54, 1.807) is 6.92 Å². The van der Waals surface area contributed by atoms with E-state index in [1.165, 1.54) is 45.6 Å². The second-order valence-corrected chi connectivity index (χ2v) is 6.37. The Labute approximate surface area is 137 Å². The molecule has 2 fully saturated rings. The summed E-state index contributed by atoms with van der Waals surface area (Å²) < 4.78 is 0. The van der Waals surface area contributed by atoms with Gasteiger partial charge in [0, 0.05) is 52.7 Å². The lowest BCUT2D eigenvalue weighted by Crippen LogP contribution is -2.50. The van der Waals surface area contributed by atoms with Crippen LogP contribution in [0.15, 0.2) is 0 Å². The summed E-state index contributed by atoms with van der Waals surface area (Å²) in [5, 5.41) is 2.87. The maximum atomic E-state index is 10.8. The Hall–Kier alpha value is -0.650. The van der Waals surface area contributed by atoms with E-state index in [-0.39, 0.29) is 5.91 Å². The molecule has 0 aliphatic carbocycles. The smallest absolute Gasteiger partial charge is 0.216 e. The molecule has 2 aliphatic rings. The highest BCUT2D eigenvalue weighted by Gasteiger charge is 2.22. The van der Waals surface area contributed by atoms with E-state index in [0.29, 0.717) is 0 Å². The van der Waals surface area contributed by atoms with Crippen molar-refractivity contribution in [2.75, 3.05) is 66.0 Å². The van der Waals surface area contributed by atoms with Gasteiger partial charge in [-0.2, -0.15) is 0 Å². The zero-order valence-corrected chi connectivity index (χ0v) is 15.1. The van der Waals surface area contributed by atoms with Crippen LogP contribution in [0.25, 0.3) is 0 Å². The second kappa shape index (κ2) is 11.0. The first kappa shape index (κ1) is 19.4. The number of piperidine rings is 1. The van der Waals surface area contributed by atoms with E-state index in [2.05, 4.69) is 27.1 Å². The highest BCUT2D eigenvalue weighted by molar-refractivity contribution is 5.72. The van der Waals surface area contributed by atoms with Crippen LogP contribution in [0, 0.1) is 5.92 Å². The summed E-state index contributed by atoms with van der Waals surface area (Å²) >= 11 is 0. The summed E-state index contributed by atoms with van der Waals surface area (Å²) in [6.45, 7) is 15.8. The Kier molecular flexibility index (Phi) is 9.68. The van der Waals surface area contributed by atoms with Gasteiger partial charge in [-0.15, -0.1) is 0 Å². The van der Waals surface area contributed by atoms with E-state index in [4.69, 9.17) is 0 Å². The summed E-state index contributed by atoms with van der Waals surface area (Å²) in [7, 11) is 2.23. The quantitative estimate of drug-likeness (QED) is 0.825. The second-order valence-electron chi connectivity index (χ2n) is 6.37. The molecule has 0 unspecified atom stereocenters. The van der Waals surface area contributed by atoms with Gasteiger partial charge in [-0.1, -0.05) is 13.8 Å². The molecule has 0 bridgehead atoms. The standard InChI is InChI=1S/C15H30N4O.C2H6/c1-14(20)16-5-8-18-9-11-19(12-10-18)13-15-3-6-17(2)7-4-15;1-2/h15H,3-13H2,1-2H3,(H,16,20);1-2H3. The summed E-state index contributed by atoms with van der Waals surface area (Å²) in [5.41, 5.74) is 0. The molecule has 0 saturated carbocycles. The minimum Gasteiger partial charge on any atom is -0.355 e. The minimum absolute atomic E-state index is 0.0749. The van der Waals surface area contributed by atoms with Crippen molar-refractivity contribution in [1.82, 2.24) is 20.0 Å². The number of carbonyl (C=O) groups is 1. The highest BCUT2D eigenvalue weighted by Crippen LogP contribution is 2.18. The fraction of sp³-hybridized carbons (Fsp3) is 0.941. The first-order valence-electron chi connectivity index (χ1n) is 9.01. The van der Waals surface area contributed by atoms with Crippen LogP contribution in [0.5, 0.6) is 0 Å². The van der Waals surface area contributed by atoms with Gasteiger partial charge in [-0.3, -0.25) is 9.69 Å². The molecular weight excluding hydrogens is 276 g/mol. The van der Waals surface area contributed by atoms with Gasteiger partial charge in [0.15, 0.2) is 0 Å². The van der Waals surface area contributed by atoms with Crippen molar-refractivity contribution in [2.45, 2.75) is 33.6 Å². The van der Waals surface area contributed by atoms with Crippen molar-refractivity contribution in [2.24, 2.45) is 5.92 Å². The van der Waals surface area contributed by atoms with Crippen molar-refractivity contribution in [3.05, 3.63) is 0 Å². The van der Waals surface area contributed by atoms with E-state index in [0.717, 1.165) is 32.1 Å². The van der Waals surface area contributed by atoms with Gasteiger partial charge in [0.2, 0.25) is 5.91 Å². The monoisotopic (exact) mass is 312 g/mol. The molecule has 2 rings (SSSR count). The Morgan fingerprint density at radius 1 is 1.00 bits per heavy atom. The normalized spacial score (nSPS) is 22.0. The topological polar surface area (TPSA) is 38.8 Å². The number of rotatable bonds is 5. The van der Waals surface area contributed by atoms with Crippen LogP contribution >= 0.6 is 0 Å². The lowest BCUT2D eigenvalue weighted by Gasteiger charge is -2.38. The SMILES string of the molecule is CC.CC(=O)NCCN1CCN(CC2CCN(C)CC2)CC1. The lowest BCUT2D eigenvalue weighted by atomic mass is 9.96. The predicted octanol–water partition coefficient (Wildman–Crippen LogP) is 1.11. The average molecular weight is 313 g/mol. The zero-order valence-electron chi connectivity index (χ0n) is 15.1. The first-order chi connectivity index (χ1) is 10.6. The zero-order chi connectivity index (χ0) is 16.4. The molecule has 1 N–H and O–H groups in total. The van der Waals surface area contributed by atoms with E-state index in [9.17, 15) is 4.79 Å². The summed E-state index contributed by atoms with van der Waals surface area (Å²) in [4.78, 5) is 18.4. The maximum Gasteiger partial charge on any atom is 0.216 e. The molecule has 0 aromatic heterocycles. The van der Waals surface area contributed by atoms with Gasteiger partial charge >= 0.3 is 0 Å². The van der Waals surface area contributed by atoms with Gasteiger partial charge in [0.25, 0.3) is 0 Å². The minimum atomic E-state index is 0.0749. The third-order valence-corrected chi connectivity index (χ3v) is 4.62. The first-order valence-corrected chi connectivity index (χ1v) is 9.01. The fourth-order valence-electron chi connectivity index (χ4n) is 3.20. The third-order valence-electron chi connectivity index (χ3n) is 4.62. The van der Waals surface area contributed by atoms with Gasteiger partial charge in [-0.05, 0) is 38.9 Å². The summed E-state index contributed by atoms with van der Waals surface area (Å²) in [6.07, 6.45) is 2.72. The third kappa shape index (κ3) is 7.56. The molecule has 0 aromatic carbocycles. The number of hydrogen-bond donors (Lipinski definition) is 1. The van der Waals surface area contributed by atoms with E-state index in [1.807, 2.05) is 13.8 Å². The fourth-order valence-corrected chi connectivity index (χ4v) is 3.20. The molecule has 130 valence electrons. The molecule has 1 amide bonds. The molecule has 2 heterocycles. The number of nitrogens with zero attached hydrogens (tertiary/aromatic N) is 3. The highest BCUT2D eigenvalue weighted by atomic mass is 16.1. The molecule has 5 nitrogen and oxygen atoms in total. The van der Waals surface area contributed by atoms with Crippen LogP contribution < -0.4 is 5.32 Å². The Balaban J connectivity index is 0.00000116. The average Bonchev–Trinajstić information content (AvgIpc) is 2.53. The Morgan fingerprint density at radius 3 is 2.09 bits per heavy atom. The summed E-state index contributed by atoms with van der Waals surface area (Å²) in [5.74, 6) is 0.975. The molecular formula is C17H36N4O. The van der Waals surface area contributed by atoms with Crippen LogP contribution in [0.2, 0.25) is 0 Å². The van der Waals surface area contributed by atoms with E-state index < -0.39 is 0 Å². The van der Waals surface area contributed by atoms with Gasteiger partial charge in [-0.25, -0.2) is 0 Å². The number of likely N-dealkylation sites (tertiary alicyclic amines) is 1. The molecule has 2 saturated heterocycles. The largest absolute Gasteiger partial charge is 0.355 e. The van der Waals surface area contributed by atoms with Gasteiger partial charge in [0.05, 0.1) is 0 Å². The van der Waals surface area contributed by atoms with Crippen molar-refractivity contribution >= 4 is 5.91 Å². The van der Waals surface area contributed by atoms with Crippen LogP contribution in [0.3, 0.4) is 0 Å². The molecule has 0 spiro atoms. The molecule has 5 heteroatoms. The number of piperazine rings is 1. The van der Waals surface area contributed by atoms with Crippen molar-refractivity contribution < 1.29 is 4.79 Å². The van der Waals surface area contributed by atoms with Crippen molar-refractivity contribution in [3.63, 3.8) is 0 Å². The molecule has 0 atom stereocenters.